The zero-order valence-electron chi connectivity index (χ0n) is 14.5. The Bertz CT molecular complexity index is 950. The molecule has 2 N–H and O–H groups in total. The van der Waals surface area contributed by atoms with E-state index in [1.54, 1.807) is 12.1 Å². The molecular formula is C18H13Cl3F3N3O2. The van der Waals surface area contributed by atoms with Crippen LogP contribution in [0.15, 0.2) is 41.5 Å². The van der Waals surface area contributed by atoms with Crippen molar-refractivity contribution in [2.24, 2.45) is 5.10 Å². The van der Waals surface area contributed by atoms with Gasteiger partial charge in [0, 0.05) is 23.4 Å². The SMILES string of the molecule is O=C(CCC(=O)Nc1cc(C(F)(F)F)ccc1Cl)NN=Cc1ccc(Cl)cc1Cl. The van der Waals surface area contributed by atoms with Gasteiger partial charge >= 0.3 is 6.18 Å². The number of nitrogens with one attached hydrogen (secondary N) is 2. The van der Waals surface area contributed by atoms with E-state index in [4.69, 9.17) is 34.8 Å². The molecule has 0 heterocycles. The molecule has 2 aromatic carbocycles. The van der Waals surface area contributed by atoms with Crippen molar-refractivity contribution in [2.45, 2.75) is 19.0 Å². The van der Waals surface area contributed by atoms with E-state index in [0.717, 1.165) is 18.2 Å². The van der Waals surface area contributed by atoms with Gasteiger partial charge in [0.1, 0.15) is 0 Å². The Morgan fingerprint density at radius 2 is 1.66 bits per heavy atom. The Morgan fingerprint density at radius 3 is 2.31 bits per heavy atom. The Hall–Kier alpha value is -2.29. The van der Waals surface area contributed by atoms with Gasteiger partial charge in [-0.3, -0.25) is 9.59 Å². The minimum atomic E-state index is -4.57. The van der Waals surface area contributed by atoms with Gasteiger partial charge < -0.3 is 5.32 Å². The van der Waals surface area contributed by atoms with Crippen molar-refractivity contribution in [2.75, 3.05) is 5.32 Å². The molecule has 0 atom stereocenters. The van der Waals surface area contributed by atoms with Gasteiger partial charge in [-0.2, -0.15) is 18.3 Å². The fourth-order valence-corrected chi connectivity index (χ4v) is 2.70. The van der Waals surface area contributed by atoms with Crippen LogP contribution < -0.4 is 10.7 Å². The molecule has 0 aliphatic carbocycles. The number of carbonyl (C=O) groups is 2. The molecule has 0 aromatic heterocycles. The van der Waals surface area contributed by atoms with Crippen molar-refractivity contribution >= 4 is 58.5 Å². The number of anilines is 1. The second-order valence-electron chi connectivity index (χ2n) is 5.70. The molecule has 0 spiro atoms. The Labute approximate surface area is 178 Å². The first-order valence-electron chi connectivity index (χ1n) is 8.00. The molecule has 0 aliphatic rings. The zero-order chi connectivity index (χ0) is 21.6. The number of nitrogens with zero attached hydrogens (tertiary/aromatic N) is 1. The third-order valence-electron chi connectivity index (χ3n) is 3.50. The van der Waals surface area contributed by atoms with Crippen LogP contribution in [0.1, 0.15) is 24.0 Å². The van der Waals surface area contributed by atoms with Gasteiger partial charge in [0.15, 0.2) is 0 Å². The highest BCUT2D eigenvalue weighted by atomic mass is 35.5. The summed E-state index contributed by atoms with van der Waals surface area (Å²) >= 11 is 17.5. The van der Waals surface area contributed by atoms with Gasteiger partial charge in [0.05, 0.1) is 27.5 Å². The van der Waals surface area contributed by atoms with E-state index in [9.17, 15) is 22.8 Å². The lowest BCUT2D eigenvalue weighted by Crippen LogP contribution is -2.21. The average Bonchev–Trinajstić information content (AvgIpc) is 2.62. The van der Waals surface area contributed by atoms with Crippen molar-refractivity contribution in [1.29, 1.82) is 0 Å². The lowest BCUT2D eigenvalue weighted by atomic mass is 10.2. The maximum atomic E-state index is 12.7. The van der Waals surface area contributed by atoms with Crippen LogP contribution in [-0.4, -0.2) is 18.0 Å². The van der Waals surface area contributed by atoms with Crippen LogP contribution in [0.3, 0.4) is 0 Å². The summed E-state index contributed by atoms with van der Waals surface area (Å²) in [6.07, 6.45) is -3.79. The number of hydrogen-bond acceptors (Lipinski definition) is 3. The van der Waals surface area contributed by atoms with Gasteiger partial charge in [0.2, 0.25) is 11.8 Å². The molecule has 154 valence electrons. The molecular weight excluding hydrogens is 454 g/mol. The monoisotopic (exact) mass is 465 g/mol. The standard InChI is InChI=1S/C18H13Cl3F3N3O2/c19-12-3-1-10(14(21)8-12)9-25-27-17(29)6-5-16(28)26-15-7-11(18(22,23)24)2-4-13(15)20/h1-4,7-9H,5-6H2,(H,26,28)(H,27,29). The summed E-state index contributed by atoms with van der Waals surface area (Å²) in [5.41, 5.74) is 1.59. The van der Waals surface area contributed by atoms with E-state index in [-0.39, 0.29) is 23.6 Å². The quantitative estimate of drug-likeness (QED) is 0.434. The molecule has 5 nitrogen and oxygen atoms in total. The van der Waals surface area contributed by atoms with Gasteiger partial charge in [-0.1, -0.05) is 40.9 Å². The molecule has 0 saturated carbocycles. The van der Waals surface area contributed by atoms with Crippen molar-refractivity contribution in [3.63, 3.8) is 0 Å². The summed E-state index contributed by atoms with van der Waals surface area (Å²) in [7, 11) is 0. The molecule has 0 radical (unpaired) electrons. The average molecular weight is 467 g/mol. The third kappa shape index (κ3) is 7.23. The van der Waals surface area contributed by atoms with E-state index < -0.39 is 23.6 Å². The Balaban J connectivity index is 1.86. The molecule has 2 amide bonds. The number of benzene rings is 2. The third-order valence-corrected chi connectivity index (χ3v) is 4.39. The van der Waals surface area contributed by atoms with Gasteiger partial charge in [-0.25, -0.2) is 5.43 Å². The molecule has 0 aliphatic heterocycles. The van der Waals surface area contributed by atoms with Crippen LogP contribution >= 0.6 is 34.8 Å². The minimum absolute atomic E-state index is 0.0553. The second-order valence-corrected chi connectivity index (χ2v) is 6.95. The topological polar surface area (TPSA) is 70.6 Å². The van der Waals surface area contributed by atoms with E-state index in [1.807, 2.05) is 0 Å². The Kier molecular flexibility index (Phi) is 7.89. The maximum absolute atomic E-state index is 12.7. The first kappa shape index (κ1) is 23.0. The largest absolute Gasteiger partial charge is 0.416 e. The second kappa shape index (κ2) is 9.96. The lowest BCUT2D eigenvalue weighted by molar-refractivity contribution is -0.137. The fourth-order valence-electron chi connectivity index (χ4n) is 2.07. The zero-order valence-corrected chi connectivity index (χ0v) is 16.8. The summed E-state index contributed by atoms with van der Waals surface area (Å²) in [6, 6.07) is 7.27. The fraction of sp³-hybridized carbons (Fsp3) is 0.167. The van der Waals surface area contributed by atoms with Crippen molar-refractivity contribution < 1.29 is 22.8 Å². The van der Waals surface area contributed by atoms with Gasteiger partial charge in [-0.15, -0.1) is 0 Å². The highest BCUT2D eigenvalue weighted by Crippen LogP contribution is 2.33. The molecule has 0 saturated heterocycles. The molecule has 29 heavy (non-hydrogen) atoms. The molecule has 0 unspecified atom stereocenters. The summed E-state index contributed by atoms with van der Waals surface area (Å²) < 4.78 is 38.2. The van der Waals surface area contributed by atoms with Crippen LogP contribution in [0.5, 0.6) is 0 Å². The first-order chi connectivity index (χ1) is 13.6. The minimum Gasteiger partial charge on any atom is -0.325 e. The number of halogens is 6. The van der Waals surface area contributed by atoms with E-state index in [1.165, 1.54) is 12.3 Å². The maximum Gasteiger partial charge on any atom is 0.416 e. The number of alkyl halides is 3. The first-order valence-corrected chi connectivity index (χ1v) is 9.13. The van der Waals surface area contributed by atoms with Crippen LogP contribution in [0, 0.1) is 0 Å². The van der Waals surface area contributed by atoms with Crippen molar-refractivity contribution in [3.8, 4) is 0 Å². The van der Waals surface area contributed by atoms with Crippen molar-refractivity contribution in [1.82, 2.24) is 5.43 Å². The highest BCUT2D eigenvalue weighted by Gasteiger charge is 2.31. The molecule has 0 bridgehead atoms. The highest BCUT2D eigenvalue weighted by molar-refractivity contribution is 6.36. The number of hydrogen-bond donors (Lipinski definition) is 2. The summed E-state index contributed by atoms with van der Waals surface area (Å²) in [4.78, 5) is 23.7. The molecule has 2 aromatic rings. The smallest absolute Gasteiger partial charge is 0.325 e. The predicted octanol–water partition coefficient (Wildman–Crippen LogP) is 5.53. The number of carbonyl (C=O) groups excluding carboxylic acids is 2. The normalized spacial score (nSPS) is 11.5. The van der Waals surface area contributed by atoms with E-state index in [0.29, 0.717) is 15.6 Å². The van der Waals surface area contributed by atoms with Crippen LogP contribution in [-0.2, 0) is 15.8 Å². The number of hydrazone groups is 1. The van der Waals surface area contributed by atoms with Crippen LogP contribution in [0.25, 0.3) is 0 Å². The van der Waals surface area contributed by atoms with Crippen LogP contribution in [0.4, 0.5) is 18.9 Å². The van der Waals surface area contributed by atoms with Crippen molar-refractivity contribution in [3.05, 3.63) is 62.6 Å². The Morgan fingerprint density at radius 1 is 0.966 bits per heavy atom. The lowest BCUT2D eigenvalue weighted by Gasteiger charge is -2.11. The number of amides is 2. The van der Waals surface area contributed by atoms with E-state index >= 15 is 0 Å². The molecule has 0 fully saturated rings. The molecule has 11 heteroatoms. The summed E-state index contributed by atoms with van der Waals surface area (Å²) in [5, 5.41) is 6.70. The van der Waals surface area contributed by atoms with Gasteiger partial charge in [0.25, 0.3) is 0 Å². The molecule has 2 rings (SSSR count). The van der Waals surface area contributed by atoms with E-state index in [2.05, 4.69) is 15.8 Å². The van der Waals surface area contributed by atoms with Crippen LogP contribution in [0.2, 0.25) is 15.1 Å². The number of rotatable bonds is 6. The predicted molar refractivity (Wildman–Crippen MR) is 107 cm³/mol. The summed E-state index contributed by atoms with van der Waals surface area (Å²) in [6.45, 7) is 0. The summed E-state index contributed by atoms with van der Waals surface area (Å²) in [5.74, 6) is -1.25. The van der Waals surface area contributed by atoms with Gasteiger partial charge in [-0.05, 0) is 30.3 Å².